The third-order valence-corrected chi connectivity index (χ3v) is 3.19. The van der Waals surface area contributed by atoms with Crippen LogP contribution < -0.4 is 14.8 Å². The van der Waals surface area contributed by atoms with Gasteiger partial charge in [0, 0.05) is 12.1 Å². The summed E-state index contributed by atoms with van der Waals surface area (Å²) < 4.78 is 10.4. The molecule has 0 spiro atoms. The molecule has 1 heterocycles. The Balaban J connectivity index is 1.86. The van der Waals surface area contributed by atoms with E-state index in [9.17, 15) is 0 Å². The predicted octanol–water partition coefficient (Wildman–Crippen LogP) is 2.50. The van der Waals surface area contributed by atoms with Gasteiger partial charge in [-0.25, -0.2) is 4.98 Å². The van der Waals surface area contributed by atoms with Crippen LogP contribution in [0.1, 0.15) is 12.5 Å². The average molecular weight is 302 g/mol. The third kappa shape index (κ3) is 4.93. The molecule has 2 rings (SSSR count). The lowest BCUT2D eigenvalue weighted by molar-refractivity contribution is 0.196. The molecule has 1 atom stereocenters. The predicted molar refractivity (Wildman–Crippen MR) is 86.6 cm³/mol. The number of anilines is 1. The number of pyridine rings is 1. The van der Waals surface area contributed by atoms with Gasteiger partial charge in [-0.2, -0.15) is 0 Å². The van der Waals surface area contributed by atoms with Gasteiger partial charge in [0.25, 0.3) is 0 Å². The number of nitrogens with zero attached hydrogens (tertiary/aromatic N) is 1. The second-order valence-electron chi connectivity index (χ2n) is 5.05. The molecule has 0 amide bonds. The van der Waals surface area contributed by atoms with Crippen LogP contribution >= 0.6 is 0 Å². The molecule has 0 radical (unpaired) electrons. The Labute approximate surface area is 130 Å². The van der Waals surface area contributed by atoms with Gasteiger partial charge in [-0.05, 0) is 37.1 Å². The van der Waals surface area contributed by atoms with Crippen molar-refractivity contribution in [2.45, 2.75) is 19.4 Å². The van der Waals surface area contributed by atoms with Crippen LogP contribution in [0.25, 0.3) is 0 Å². The first-order valence-electron chi connectivity index (χ1n) is 7.30. The monoisotopic (exact) mass is 302 g/mol. The summed E-state index contributed by atoms with van der Waals surface area (Å²) in [6.07, 6.45) is 2.64. The Morgan fingerprint density at radius 3 is 2.55 bits per heavy atom. The van der Waals surface area contributed by atoms with E-state index in [2.05, 4.69) is 29.4 Å². The van der Waals surface area contributed by atoms with E-state index < -0.39 is 0 Å². The minimum absolute atomic E-state index is 0.0133. The number of ether oxygens (including phenoxy) is 2. The molecule has 1 aromatic carbocycles. The maximum absolute atomic E-state index is 8.70. The van der Waals surface area contributed by atoms with Crippen molar-refractivity contribution < 1.29 is 14.6 Å². The van der Waals surface area contributed by atoms with Crippen LogP contribution in [0.5, 0.6) is 11.6 Å². The molecule has 0 aliphatic carbocycles. The summed E-state index contributed by atoms with van der Waals surface area (Å²) in [5, 5.41) is 12.1. The topological polar surface area (TPSA) is 63.6 Å². The summed E-state index contributed by atoms with van der Waals surface area (Å²) >= 11 is 0. The highest BCUT2D eigenvalue weighted by atomic mass is 16.5. The average Bonchev–Trinajstić information content (AvgIpc) is 2.55. The number of aromatic nitrogens is 1. The SMILES string of the molecule is COc1ccc(CC(C)Nc2ccc(OCCO)nc2)cc1. The van der Waals surface area contributed by atoms with Crippen molar-refractivity contribution >= 4 is 5.69 Å². The summed E-state index contributed by atoms with van der Waals surface area (Å²) in [6, 6.07) is 12.1. The Morgan fingerprint density at radius 1 is 1.18 bits per heavy atom. The van der Waals surface area contributed by atoms with Crippen molar-refractivity contribution in [1.29, 1.82) is 0 Å². The first-order chi connectivity index (χ1) is 10.7. The second-order valence-corrected chi connectivity index (χ2v) is 5.05. The number of benzene rings is 1. The molecule has 1 aromatic heterocycles. The van der Waals surface area contributed by atoms with Crippen molar-refractivity contribution in [1.82, 2.24) is 4.98 Å². The zero-order valence-corrected chi connectivity index (χ0v) is 13.0. The number of nitrogens with one attached hydrogen (secondary N) is 1. The zero-order chi connectivity index (χ0) is 15.8. The van der Waals surface area contributed by atoms with Gasteiger partial charge in [0.05, 0.1) is 25.6 Å². The van der Waals surface area contributed by atoms with Crippen molar-refractivity contribution in [3.63, 3.8) is 0 Å². The fraction of sp³-hybridized carbons (Fsp3) is 0.353. The number of rotatable bonds is 8. The maximum atomic E-state index is 8.70. The summed E-state index contributed by atoms with van der Waals surface area (Å²) in [5.41, 5.74) is 2.19. The molecule has 0 bridgehead atoms. The highest BCUT2D eigenvalue weighted by molar-refractivity contribution is 5.43. The van der Waals surface area contributed by atoms with Crippen LogP contribution in [0, 0.1) is 0 Å². The first-order valence-corrected chi connectivity index (χ1v) is 7.30. The number of hydrogen-bond donors (Lipinski definition) is 2. The molecule has 5 nitrogen and oxygen atoms in total. The Hall–Kier alpha value is -2.27. The first kappa shape index (κ1) is 16.1. The highest BCUT2D eigenvalue weighted by Gasteiger charge is 2.05. The molecule has 0 saturated heterocycles. The van der Waals surface area contributed by atoms with E-state index in [0.717, 1.165) is 17.9 Å². The molecule has 22 heavy (non-hydrogen) atoms. The lowest BCUT2D eigenvalue weighted by Gasteiger charge is -2.15. The van der Waals surface area contributed by atoms with Crippen LogP contribution in [0.2, 0.25) is 0 Å². The van der Waals surface area contributed by atoms with Gasteiger partial charge >= 0.3 is 0 Å². The number of aliphatic hydroxyl groups is 1. The van der Waals surface area contributed by atoms with Crippen LogP contribution in [0.15, 0.2) is 42.6 Å². The number of methoxy groups -OCH3 is 1. The molecule has 0 fully saturated rings. The van der Waals surface area contributed by atoms with E-state index in [-0.39, 0.29) is 19.3 Å². The summed E-state index contributed by atoms with van der Waals surface area (Å²) in [4.78, 5) is 4.19. The van der Waals surface area contributed by atoms with E-state index in [1.165, 1.54) is 5.56 Å². The summed E-state index contributed by atoms with van der Waals surface area (Å²) in [7, 11) is 1.67. The maximum Gasteiger partial charge on any atom is 0.213 e. The van der Waals surface area contributed by atoms with Crippen molar-refractivity contribution in [2.24, 2.45) is 0 Å². The lowest BCUT2D eigenvalue weighted by Crippen LogP contribution is -2.18. The van der Waals surface area contributed by atoms with E-state index >= 15 is 0 Å². The van der Waals surface area contributed by atoms with Crippen molar-refractivity contribution in [3.8, 4) is 11.6 Å². The molecule has 0 aliphatic rings. The second kappa shape index (κ2) is 8.24. The number of aliphatic hydroxyl groups excluding tert-OH is 1. The summed E-state index contributed by atoms with van der Waals surface area (Å²) in [6.45, 7) is 2.37. The standard InChI is InChI=1S/C17H22N2O3/c1-13(11-14-3-6-16(21-2)7-4-14)19-15-5-8-17(18-12-15)22-10-9-20/h3-8,12-13,19-20H,9-11H2,1-2H3. The van der Waals surface area contributed by atoms with Crippen LogP contribution in [0.4, 0.5) is 5.69 Å². The summed E-state index contributed by atoms with van der Waals surface area (Å²) in [5.74, 6) is 1.38. The smallest absolute Gasteiger partial charge is 0.213 e. The zero-order valence-electron chi connectivity index (χ0n) is 13.0. The van der Waals surface area contributed by atoms with Crippen LogP contribution in [0.3, 0.4) is 0 Å². The molecule has 5 heteroatoms. The molecule has 2 N–H and O–H groups in total. The third-order valence-electron chi connectivity index (χ3n) is 3.19. The molecule has 0 aliphatic heterocycles. The fourth-order valence-corrected chi connectivity index (χ4v) is 2.15. The van der Waals surface area contributed by atoms with Gasteiger partial charge in [-0.15, -0.1) is 0 Å². The molecule has 0 saturated carbocycles. The van der Waals surface area contributed by atoms with Gasteiger partial charge in [-0.1, -0.05) is 12.1 Å². The molecule has 1 unspecified atom stereocenters. The van der Waals surface area contributed by atoms with Gasteiger partial charge < -0.3 is 19.9 Å². The molecule has 118 valence electrons. The minimum Gasteiger partial charge on any atom is -0.497 e. The lowest BCUT2D eigenvalue weighted by atomic mass is 10.1. The number of hydrogen-bond acceptors (Lipinski definition) is 5. The van der Waals surface area contributed by atoms with Crippen molar-refractivity contribution in [3.05, 3.63) is 48.2 Å². The van der Waals surface area contributed by atoms with E-state index in [4.69, 9.17) is 14.6 Å². The van der Waals surface area contributed by atoms with E-state index in [0.29, 0.717) is 5.88 Å². The van der Waals surface area contributed by atoms with Crippen LogP contribution in [-0.2, 0) is 6.42 Å². The quantitative estimate of drug-likeness (QED) is 0.784. The molecular weight excluding hydrogens is 280 g/mol. The highest BCUT2D eigenvalue weighted by Crippen LogP contribution is 2.16. The van der Waals surface area contributed by atoms with Crippen LogP contribution in [-0.4, -0.2) is 36.5 Å². The Bertz CT molecular complexity index is 555. The minimum atomic E-state index is -0.0133. The van der Waals surface area contributed by atoms with Crippen molar-refractivity contribution in [2.75, 3.05) is 25.6 Å². The molecule has 2 aromatic rings. The van der Waals surface area contributed by atoms with Gasteiger partial charge in [-0.3, -0.25) is 0 Å². The van der Waals surface area contributed by atoms with Gasteiger partial charge in [0.1, 0.15) is 12.4 Å². The van der Waals surface area contributed by atoms with E-state index in [1.807, 2.05) is 18.2 Å². The Kier molecular flexibility index (Phi) is 6.03. The molecular formula is C17H22N2O3. The normalized spacial score (nSPS) is 11.8. The fourth-order valence-electron chi connectivity index (χ4n) is 2.15. The van der Waals surface area contributed by atoms with Gasteiger partial charge in [0.15, 0.2) is 0 Å². The van der Waals surface area contributed by atoms with Gasteiger partial charge in [0.2, 0.25) is 5.88 Å². The largest absolute Gasteiger partial charge is 0.497 e. The Morgan fingerprint density at radius 2 is 1.95 bits per heavy atom. The van der Waals surface area contributed by atoms with E-state index in [1.54, 1.807) is 19.4 Å².